The number of rotatable bonds is 5. The maximum atomic E-state index is 5.10. The van der Waals surface area contributed by atoms with Crippen LogP contribution in [0.2, 0.25) is 0 Å². The van der Waals surface area contributed by atoms with E-state index in [1.807, 2.05) is 0 Å². The topological polar surface area (TPSA) is 17.8 Å². The fraction of sp³-hybridized carbons (Fsp3) is 0.591. The average Bonchev–Trinajstić information content (AvgIpc) is 2.86. The van der Waals surface area contributed by atoms with Crippen molar-refractivity contribution in [3.05, 3.63) is 40.2 Å². The average molecular weight is 522 g/mol. The van der Waals surface area contributed by atoms with Gasteiger partial charge in [0.05, 0.1) is 5.69 Å². The van der Waals surface area contributed by atoms with E-state index in [0.717, 1.165) is 6.42 Å². The molecule has 0 fully saturated rings. The third-order valence-corrected chi connectivity index (χ3v) is 5.02. The molecule has 1 unspecified atom stereocenters. The number of aryl methyl sites for hydroxylation is 3. The molecule has 0 amide bonds. The van der Waals surface area contributed by atoms with Crippen LogP contribution >= 0.6 is 0 Å². The molecule has 3 heteroatoms. The first kappa shape index (κ1) is 22.2. The monoisotopic (exact) mass is 521 g/mol. The molecule has 0 saturated carbocycles. The Morgan fingerprint density at radius 3 is 1.84 bits per heavy atom. The number of aromatic nitrogens is 2. The summed E-state index contributed by atoms with van der Waals surface area (Å²) in [6.07, 6.45) is 1.11. The molecule has 0 bridgehead atoms. The zero-order valence-electron chi connectivity index (χ0n) is 17.3. The predicted octanol–water partition coefficient (Wildman–Crippen LogP) is 6.69. The molecular formula is C22H34N2Pt. The normalized spacial score (nSPS) is 12.6. The molecular weight excluding hydrogens is 487 g/mol. The van der Waals surface area contributed by atoms with Crippen LogP contribution in [0.25, 0.3) is 11.1 Å². The van der Waals surface area contributed by atoms with Crippen molar-refractivity contribution in [2.24, 2.45) is 0 Å². The summed E-state index contributed by atoms with van der Waals surface area (Å²) in [7, 11) is 0. The van der Waals surface area contributed by atoms with Crippen LogP contribution in [0.5, 0.6) is 0 Å². The van der Waals surface area contributed by atoms with E-state index in [0.29, 0.717) is 17.9 Å². The zero-order chi connectivity index (χ0) is 18.2. The molecule has 0 aliphatic heterocycles. The van der Waals surface area contributed by atoms with Gasteiger partial charge in [-0.1, -0.05) is 45.4 Å². The Bertz CT molecular complexity index is 703. The fourth-order valence-electron chi connectivity index (χ4n) is 3.78. The summed E-state index contributed by atoms with van der Waals surface area (Å²) >= 11 is 0. The largest absolute Gasteiger partial charge is 0.266 e. The van der Waals surface area contributed by atoms with E-state index in [4.69, 9.17) is 5.10 Å². The Labute approximate surface area is 168 Å². The Balaban J connectivity index is 0.00000312. The van der Waals surface area contributed by atoms with Gasteiger partial charge in [0, 0.05) is 44.3 Å². The quantitative estimate of drug-likeness (QED) is 0.429. The molecule has 2 nitrogen and oxygen atoms in total. The van der Waals surface area contributed by atoms with Gasteiger partial charge in [-0.25, -0.2) is 0 Å². The van der Waals surface area contributed by atoms with Crippen LogP contribution in [0.4, 0.5) is 0 Å². The van der Waals surface area contributed by atoms with Gasteiger partial charge in [0.15, 0.2) is 0 Å². The molecule has 25 heavy (non-hydrogen) atoms. The molecule has 0 radical (unpaired) electrons. The van der Waals surface area contributed by atoms with Crippen LogP contribution in [-0.4, -0.2) is 9.78 Å². The number of benzene rings is 1. The van der Waals surface area contributed by atoms with Crippen LogP contribution in [0.3, 0.4) is 0 Å². The van der Waals surface area contributed by atoms with Gasteiger partial charge in [0.1, 0.15) is 0 Å². The van der Waals surface area contributed by atoms with Crippen LogP contribution in [0.15, 0.2) is 12.1 Å². The minimum Gasteiger partial charge on any atom is -0.266 e. The molecule has 2 aromatic rings. The molecule has 0 saturated heterocycles. The molecule has 2 rings (SSSR count). The summed E-state index contributed by atoms with van der Waals surface area (Å²) in [4.78, 5) is 0. The second-order valence-electron chi connectivity index (χ2n) is 7.92. The first-order chi connectivity index (χ1) is 11.2. The van der Waals surface area contributed by atoms with E-state index < -0.39 is 0 Å². The molecule has 1 aromatic heterocycles. The van der Waals surface area contributed by atoms with Crippen molar-refractivity contribution in [2.45, 2.75) is 86.6 Å². The standard InChI is InChI=1S/C22H34N2.Pt/c1-10-16(7)21-20(19-17(8)11-15(6)12-18(19)9)22(13(2)3)24(23-21)14(4)5;/h11-14,16H,10H2,1-9H3;. The van der Waals surface area contributed by atoms with E-state index >= 15 is 0 Å². The summed E-state index contributed by atoms with van der Waals surface area (Å²) < 4.78 is 2.26. The second kappa shape index (κ2) is 8.67. The predicted molar refractivity (Wildman–Crippen MR) is 105 cm³/mol. The van der Waals surface area contributed by atoms with Crippen molar-refractivity contribution in [2.75, 3.05) is 0 Å². The Hall–Kier alpha value is -0.882. The van der Waals surface area contributed by atoms with Gasteiger partial charge in [-0.05, 0) is 63.6 Å². The maximum absolute atomic E-state index is 5.10. The van der Waals surface area contributed by atoms with E-state index in [2.05, 4.69) is 79.1 Å². The van der Waals surface area contributed by atoms with Crippen LogP contribution in [0.1, 0.15) is 93.9 Å². The van der Waals surface area contributed by atoms with Crippen molar-refractivity contribution in [3.8, 4) is 11.1 Å². The van der Waals surface area contributed by atoms with Gasteiger partial charge >= 0.3 is 0 Å². The number of nitrogens with zero attached hydrogens (tertiary/aromatic N) is 2. The molecule has 0 aliphatic rings. The van der Waals surface area contributed by atoms with Gasteiger partial charge in [-0.2, -0.15) is 5.10 Å². The summed E-state index contributed by atoms with van der Waals surface area (Å²) in [6.45, 7) is 20.3. The van der Waals surface area contributed by atoms with E-state index in [-0.39, 0.29) is 21.1 Å². The first-order valence-corrected chi connectivity index (χ1v) is 9.39. The van der Waals surface area contributed by atoms with Gasteiger partial charge in [-0.3, -0.25) is 4.68 Å². The van der Waals surface area contributed by atoms with Crippen molar-refractivity contribution >= 4 is 0 Å². The van der Waals surface area contributed by atoms with Crippen molar-refractivity contribution < 1.29 is 21.1 Å². The first-order valence-electron chi connectivity index (χ1n) is 9.39. The fourth-order valence-corrected chi connectivity index (χ4v) is 3.78. The van der Waals surface area contributed by atoms with E-state index in [1.54, 1.807) is 0 Å². The summed E-state index contributed by atoms with van der Waals surface area (Å²) in [5.74, 6) is 0.922. The van der Waals surface area contributed by atoms with Crippen molar-refractivity contribution in [1.82, 2.24) is 9.78 Å². The molecule has 0 N–H and O–H groups in total. The van der Waals surface area contributed by atoms with Gasteiger partial charge in [0.25, 0.3) is 0 Å². The Morgan fingerprint density at radius 1 is 0.920 bits per heavy atom. The van der Waals surface area contributed by atoms with Crippen molar-refractivity contribution in [3.63, 3.8) is 0 Å². The van der Waals surface area contributed by atoms with Crippen molar-refractivity contribution in [1.29, 1.82) is 0 Å². The van der Waals surface area contributed by atoms with Gasteiger partial charge in [-0.15, -0.1) is 0 Å². The Kier molecular flexibility index (Phi) is 7.68. The third-order valence-electron chi connectivity index (χ3n) is 5.02. The molecule has 1 heterocycles. The number of hydrogen-bond acceptors (Lipinski definition) is 1. The SMILES string of the molecule is CCC(C)c1nn(C(C)C)c(C(C)C)c1-c1c(C)cc(C)cc1C.[Pt]. The molecule has 1 atom stereocenters. The summed E-state index contributed by atoms with van der Waals surface area (Å²) in [5, 5.41) is 5.10. The smallest absolute Gasteiger partial charge is 0.0734 e. The van der Waals surface area contributed by atoms with Crippen LogP contribution in [0, 0.1) is 20.8 Å². The van der Waals surface area contributed by atoms with Crippen LogP contribution in [-0.2, 0) is 21.1 Å². The molecule has 1 aromatic carbocycles. The molecule has 142 valence electrons. The Morgan fingerprint density at radius 2 is 1.44 bits per heavy atom. The van der Waals surface area contributed by atoms with E-state index in [1.165, 1.54) is 39.2 Å². The third kappa shape index (κ3) is 4.27. The second-order valence-corrected chi connectivity index (χ2v) is 7.92. The van der Waals surface area contributed by atoms with Gasteiger partial charge < -0.3 is 0 Å². The molecule has 0 aliphatic carbocycles. The van der Waals surface area contributed by atoms with Gasteiger partial charge in [0.2, 0.25) is 0 Å². The zero-order valence-corrected chi connectivity index (χ0v) is 19.6. The molecule has 0 spiro atoms. The summed E-state index contributed by atoms with van der Waals surface area (Å²) in [6, 6.07) is 4.99. The maximum Gasteiger partial charge on any atom is 0.0734 e. The minimum atomic E-state index is 0. The minimum absolute atomic E-state index is 0. The van der Waals surface area contributed by atoms with Crippen LogP contribution < -0.4 is 0 Å². The number of hydrogen-bond donors (Lipinski definition) is 0. The van der Waals surface area contributed by atoms with E-state index in [9.17, 15) is 0 Å². The summed E-state index contributed by atoms with van der Waals surface area (Å²) in [5.41, 5.74) is 9.50.